The van der Waals surface area contributed by atoms with Crippen molar-refractivity contribution in [3.63, 3.8) is 0 Å². The number of carbonyl (C=O) groups is 1. The number of hydrogen-bond acceptors (Lipinski definition) is 4. The third kappa shape index (κ3) is 7.12. The highest BCUT2D eigenvalue weighted by Crippen LogP contribution is 2.09. The molecular formula is C20H34N4O. The van der Waals surface area contributed by atoms with Gasteiger partial charge in [0.15, 0.2) is 0 Å². The lowest BCUT2D eigenvalue weighted by atomic mass is 10.1. The van der Waals surface area contributed by atoms with Crippen molar-refractivity contribution in [2.24, 2.45) is 11.8 Å². The SMILES string of the molecule is CC(C)CN(CC(C)C)C(=O)CN1CCN(Cc2ccccn2)CC1. The second-order valence-electron chi connectivity index (χ2n) is 7.96. The Hall–Kier alpha value is -1.46. The van der Waals surface area contributed by atoms with Crippen molar-refractivity contribution in [3.05, 3.63) is 30.1 Å². The van der Waals surface area contributed by atoms with Crippen molar-refractivity contribution < 1.29 is 4.79 Å². The van der Waals surface area contributed by atoms with Crippen molar-refractivity contribution in [3.8, 4) is 0 Å². The monoisotopic (exact) mass is 346 g/mol. The van der Waals surface area contributed by atoms with Crippen LogP contribution in [-0.4, -0.2) is 71.4 Å². The number of piperazine rings is 1. The highest BCUT2D eigenvalue weighted by Gasteiger charge is 2.22. The van der Waals surface area contributed by atoms with Crippen molar-refractivity contribution in [1.82, 2.24) is 19.7 Å². The Morgan fingerprint density at radius 1 is 1.04 bits per heavy atom. The molecule has 1 saturated heterocycles. The zero-order valence-electron chi connectivity index (χ0n) is 16.3. The average Bonchev–Trinajstić information content (AvgIpc) is 2.56. The van der Waals surface area contributed by atoms with Crippen molar-refractivity contribution >= 4 is 5.91 Å². The van der Waals surface area contributed by atoms with Crippen molar-refractivity contribution in [1.29, 1.82) is 0 Å². The molecule has 1 aromatic heterocycles. The maximum atomic E-state index is 12.7. The van der Waals surface area contributed by atoms with Crippen LogP contribution < -0.4 is 0 Å². The molecule has 0 atom stereocenters. The van der Waals surface area contributed by atoms with Gasteiger partial charge in [-0.1, -0.05) is 33.8 Å². The van der Waals surface area contributed by atoms with Gasteiger partial charge in [-0.2, -0.15) is 0 Å². The molecule has 5 nitrogen and oxygen atoms in total. The van der Waals surface area contributed by atoms with E-state index in [4.69, 9.17) is 0 Å². The molecule has 1 aliphatic rings. The van der Waals surface area contributed by atoms with Crippen LogP contribution in [0.3, 0.4) is 0 Å². The van der Waals surface area contributed by atoms with Gasteiger partial charge in [0.25, 0.3) is 0 Å². The molecule has 1 fully saturated rings. The van der Waals surface area contributed by atoms with E-state index < -0.39 is 0 Å². The highest BCUT2D eigenvalue weighted by atomic mass is 16.2. The fraction of sp³-hybridized carbons (Fsp3) is 0.700. The van der Waals surface area contributed by atoms with Crippen molar-refractivity contribution in [2.45, 2.75) is 34.2 Å². The minimum absolute atomic E-state index is 0.278. The van der Waals surface area contributed by atoms with Crippen LogP contribution in [0, 0.1) is 11.8 Å². The molecule has 1 aliphatic heterocycles. The molecule has 0 bridgehead atoms. The fourth-order valence-corrected chi connectivity index (χ4v) is 3.28. The summed E-state index contributed by atoms with van der Waals surface area (Å²) < 4.78 is 0. The Morgan fingerprint density at radius 2 is 1.64 bits per heavy atom. The molecule has 0 N–H and O–H groups in total. The van der Waals surface area contributed by atoms with Gasteiger partial charge in [0.05, 0.1) is 12.2 Å². The number of pyridine rings is 1. The van der Waals surface area contributed by atoms with Crippen LogP contribution >= 0.6 is 0 Å². The number of amides is 1. The Labute approximate surface area is 153 Å². The molecule has 0 aromatic carbocycles. The third-order valence-electron chi connectivity index (χ3n) is 4.46. The minimum Gasteiger partial charge on any atom is -0.341 e. The van der Waals surface area contributed by atoms with E-state index in [1.54, 1.807) is 0 Å². The van der Waals surface area contributed by atoms with E-state index in [2.05, 4.69) is 53.4 Å². The standard InChI is InChI=1S/C20H34N4O/c1-17(2)13-24(14-18(3)4)20(25)16-23-11-9-22(10-12-23)15-19-7-5-6-8-21-19/h5-8,17-18H,9-16H2,1-4H3. The van der Waals surface area contributed by atoms with Crippen LogP contribution in [0.5, 0.6) is 0 Å². The van der Waals surface area contributed by atoms with Gasteiger partial charge in [-0.3, -0.25) is 19.6 Å². The van der Waals surface area contributed by atoms with Crippen LogP contribution in [0.4, 0.5) is 0 Å². The first kappa shape index (κ1) is 19.9. The molecule has 25 heavy (non-hydrogen) atoms. The predicted octanol–water partition coefficient (Wildman–Crippen LogP) is 2.34. The van der Waals surface area contributed by atoms with E-state index in [1.165, 1.54) is 0 Å². The summed E-state index contributed by atoms with van der Waals surface area (Å²) in [6.07, 6.45) is 1.85. The molecule has 0 radical (unpaired) electrons. The molecule has 0 spiro atoms. The number of rotatable bonds is 8. The van der Waals surface area contributed by atoms with Crippen LogP contribution in [-0.2, 0) is 11.3 Å². The van der Waals surface area contributed by atoms with Crippen LogP contribution in [0.2, 0.25) is 0 Å². The van der Waals surface area contributed by atoms with Gasteiger partial charge in [0.1, 0.15) is 0 Å². The molecule has 0 unspecified atom stereocenters. The fourth-order valence-electron chi connectivity index (χ4n) is 3.28. The van der Waals surface area contributed by atoms with Crippen LogP contribution in [0.1, 0.15) is 33.4 Å². The van der Waals surface area contributed by atoms with Crippen molar-refractivity contribution in [2.75, 3.05) is 45.8 Å². The topological polar surface area (TPSA) is 39.7 Å². The molecule has 1 aromatic rings. The summed E-state index contributed by atoms with van der Waals surface area (Å²) >= 11 is 0. The lowest BCUT2D eigenvalue weighted by Crippen LogP contribution is -2.50. The Bertz CT molecular complexity index is 500. The molecule has 2 rings (SSSR count). The molecule has 0 saturated carbocycles. The smallest absolute Gasteiger partial charge is 0.236 e. The van der Waals surface area contributed by atoms with Gasteiger partial charge < -0.3 is 4.90 Å². The highest BCUT2D eigenvalue weighted by molar-refractivity contribution is 5.78. The Balaban J connectivity index is 1.78. The summed E-state index contributed by atoms with van der Waals surface area (Å²) in [5.74, 6) is 1.30. The lowest BCUT2D eigenvalue weighted by Gasteiger charge is -2.35. The normalized spacial score (nSPS) is 16.6. The molecule has 0 aliphatic carbocycles. The van der Waals surface area contributed by atoms with E-state index in [1.807, 2.05) is 18.3 Å². The molecule has 1 amide bonds. The molecule has 140 valence electrons. The predicted molar refractivity (Wildman–Crippen MR) is 102 cm³/mol. The average molecular weight is 347 g/mol. The first-order valence-electron chi connectivity index (χ1n) is 9.56. The van der Waals surface area contributed by atoms with E-state index in [-0.39, 0.29) is 5.91 Å². The van der Waals surface area contributed by atoms with E-state index in [0.717, 1.165) is 51.5 Å². The largest absolute Gasteiger partial charge is 0.341 e. The number of nitrogens with zero attached hydrogens (tertiary/aromatic N) is 4. The van der Waals surface area contributed by atoms with E-state index in [0.29, 0.717) is 18.4 Å². The number of aromatic nitrogens is 1. The molecule has 5 heteroatoms. The van der Waals surface area contributed by atoms with Gasteiger partial charge in [-0.15, -0.1) is 0 Å². The summed E-state index contributed by atoms with van der Waals surface area (Å²) in [7, 11) is 0. The molecule has 2 heterocycles. The number of carbonyl (C=O) groups excluding carboxylic acids is 1. The molecular weight excluding hydrogens is 312 g/mol. The summed E-state index contributed by atoms with van der Waals surface area (Å²) in [5, 5.41) is 0. The Kier molecular flexibility index (Phi) is 7.85. The maximum Gasteiger partial charge on any atom is 0.236 e. The second-order valence-corrected chi connectivity index (χ2v) is 7.96. The van der Waals surface area contributed by atoms with Gasteiger partial charge >= 0.3 is 0 Å². The summed E-state index contributed by atoms with van der Waals surface area (Å²) in [5.41, 5.74) is 1.12. The van der Waals surface area contributed by atoms with Crippen LogP contribution in [0.15, 0.2) is 24.4 Å². The third-order valence-corrected chi connectivity index (χ3v) is 4.46. The van der Waals surface area contributed by atoms with E-state index in [9.17, 15) is 4.79 Å². The van der Waals surface area contributed by atoms with E-state index >= 15 is 0 Å². The minimum atomic E-state index is 0.278. The first-order chi connectivity index (χ1) is 11.9. The maximum absolute atomic E-state index is 12.7. The quantitative estimate of drug-likeness (QED) is 0.724. The second kappa shape index (κ2) is 9.88. The zero-order valence-corrected chi connectivity index (χ0v) is 16.3. The zero-order chi connectivity index (χ0) is 18.2. The van der Waals surface area contributed by atoms with Gasteiger partial charge in [-0.05, 0) is 24.0 Å². The lowest BCUT2D eigenvalue weighted by molar-refractivity contribution is -0.134. The number of hydrogen-bond donors (Lipinski definition) is 0. The summed E-state index contributed by atoms with van der Waals surface area (Å²) in [6.45, 7) is 15.8. The Morgan fingerprint density at radius 3 is 2.16 bits per heavy atom. The van der Waals surface area contributed by atoms with Gasteiger partial charge in [0.2, 0.25) is 5.91 Å². The van der Waals surface area contributed by atoms with Gasteiger partial charge in [-0.25, -0.2) is 0 Å². The summed E-state index contributed by atoms with van der Waals surface area (Å²) in [6, 6.07) is 6.06. The first-order valence-corrected chi connectivity index (χ1v) is 9.56. The summed E-state index contributed by atoms with van der Waals surface area (Å²) in [4.78, 5) is 23.9. The van der Waals surface area contributed by atoms with Crippen LogP contribution in [0.25, 0.3) is 0 Å². The van der Waals surface area contributed by atoms with Gasteiger partial charge in [0, 0.05) is 52.0 Å².